The summed E-state index contributed by atoms with van der Waals surface area (Å²) in [6.45, 7) is 0.279. The summed E-state index contributed by atoms with van der Waals surface area (Å²) in [4.78, 5) is 4.25. The second-order valence-electron chi connectivity index (χ2n) is 4.42. The maximum absolute atomic E-state index is 13.6. The van der Waals surface area contributed by atoms with E-state index in [2.05, 4.69) is 4.98 Å². The van der Waals surface area contributed by atoms with Crippen molar-refractivity contribution in [2.75, 3.05) is 0 Å². The Morgan fingerprint density at radius 3 is 2.68 bits per heavy atom. The zero-order chi connectivity index (χ0) is 13.2. The molecule has 0 saturated heterocycles. The Kier molecular flexibility index (Phi) is 3.01. The minimum atomic E-state index is -0.890. The summed E-state index contributed by atoms with van der Waals surface area (Å²) in [6.07, 6.45) is 0.771. The number of imidazole rings is 1. The molecule has 0 bridgehead atoms. The molecule has 0 aliphatic heterocycles. The number of halogens is 1. The molecule has 3 rings (SSSR count). The van der Waals surface area contributed by atoms with Gasteiger partial charge in [0, 0.05) is 5.56 Å². The number of fused-ring (bicyclic) bond motifs is 1. The van der Waals surface area contributed by atoms with Crippen LogP contribution in [-0.2, 0) is 6.54 Å². The quantitative estimate of drug-likeness (QED) is 0.782. The van der Waals surface area contributed by atoms with Gasteiger partial charge in [-0.1, -0.05) is 30.3 Å². The van der Waals surface area contributed by atoms with Crippen LogP contribution in [0.25, 0.3) is 11.0 Å². The topological polar surface area (TPSA) is 38.0 Å². The van der Waals surface area contributed by atoms with E-state index in [1.165, 1.54) is 6.07 Å². The van der Waals surface area contributed by atoms with Gasteiger partial charge < -0.3 is 9.67 Å². The first-order chi connectivity index (χ1) is 9.25. The highest BCUT2D eigenvalue weighted by molar-refractivity contribution is 5.74. The van der Waals surface area contributed by atoms with Gasteiger partial charge in [-0.25, -0.2) is 9.37 Å². The average molecular weight is 256 g/mol. The van der Waals surface area contributed by atoms with Crippen molar-refractivity contribution in [2.45, 2.75) is 12.6 Å². The first kappa shape index (κ1) is 11.9. The molecule has 0 amide bonds. The Balaban J connectivity index is 1.91. The van der Waals surface area contributed by atoms with Crippen LogP contribution in [0.3, 0.4) is 0 Å². The second kappa shape index (κ2) is 4.82. The van der Waals surface area contributed by atoms with Crippen LogP contribution >= 0.6 is 0 Å². The highest BCUT2D eigenvalue weighted by atomic mass is 19.1. The zero-order valence-electron chi connectivity index (χ0n) is 10.2. The van der Waals surface area contributed by atoms with Crippen LogP contribution in [0.5, 0.6) is 0 Å². The Hall–Kier alpha value is -2.20. The van der Waals surface area contributed by atoms with Crippen molar-refractivity contribution in [3.63, 3.8) is 0 Å². The number of rotatable bonds is 3. The Morgan fingerprint density at radius 2 is 1.84 bits per heavy atom. The molecule has 1 heterocycles. The van der Waals surface area contributed by atoms with E-state index < -0.39 is 6.10 Å². The fourth-order valence-corrected chi connectivity index (χ4v) is 2.19. The van der Waals surface area contributed by atoms with Gasteiger partial charge in [0.15, 0.2) is 0 Å². The molecular weight excluding hydrogens is 243 g/mol. The van der Waals surface area contributed by atoms with E-state index in [1.54, 1.807) is 24.5 Å². The van der Waals surface area contributed by atoms with Crippen molar-refractivity contribution in [1.82, 2.24) is 9.55 Å². The van der Waals surface area contributed by atoms with Gasteiger partial charge in [-0.3, -0.25) is 0 Å². The lowest BCUT2D eigenvalue weighted by Crippen LogP contribution is -2.09. The molecule has 96 valence electrons. The van der Waals surface area contributed by atoms with E-state index in [1.807, 2.05) is 28.8 Å². The number of hydrogen-bond acceptors (Lipinski definition) is 2. The fourth-order valence-electron chi connectivity index (χ4n) is 2.19. The second-order valence-corrected chi connectivity index (χ2v) is 4.42. The Bertz CT molecular complexity index is 708. The number of para-hydroxylation sites is 2. The van der Waals surface area contributed by atoms with Gasteiger partial charge in [-0.05, 0) is 18.2 Å². The van der Waals surface area contributed by atoms with E-state index in [0.717, 1.165) is 11.0 Å². The van der Waals surface area contributed by atoms with Crippen molar-refractivity contribution in [2.24, 2.45) is 0 Å². The summed E-state index contributed by atoms with van der Waals surface area (Å²) in [5.74, 6) is -0.389. The van der Waals surface area contributed by atoms with E-state index in [0.29, 0.717) is 5.56 Å². The molecule has 0 unspecified atom stereocenters. The number of nitrogens with zero attached hydrogens (tertiary/aromatic N) is 2. The molecule has 1 atom stereocenters. The SMILES string of the molecule is O[C@@H](Cn1cnc2ccccc21)c1ccccc1F. The molecule has 0 aliphatic carbocycles. The predicted octanol–water partition coefficient (Wildman–Crippen LogP) is 2.91. The van der Waals surface area contributed by atoms with Crippen LogP contribution in [0, 0.1) is 5.82 Å². The number of aliphatic hydroxyl groups excluding tert-OH is 1. The highest BCUT2D eigenvalue weighted by Crippen LogP contribution is 2.20. The van der Waals surface area contributed by atoms with E-state index in [9.17, 15) is 9.50 Å². The summed E-state index contributed by atoms with van der Waals surface area (Å²) in [7, 11) is 0. The summed E-state index contributed by atoms with van der Waals surface area (Å²) >= 11 is 0. The number of aromatic nitrogens is 2. The standard InChI is InChI=1S/C15H13FN2O/c16-12-6-2-1-5-11(12)15(19)9-18-10-17-13-7-3-4-8-14(13)18/h1-8,10,15,19H,9H2/t15-/m0/s1. The predicted molar refractivity (Wildman–Crippen MR) is 71.1 cm³/mol. The van der Waals surface area contributed by atoms with E-state index >= 15 is 0 Å². The molecule has 2 aromatic carbocycles. The molecule has 0 spiro atoms. The van der Waals surface area contributed by atoms with Crippen molar-refractivity contribution in [1.29, 1.82) is 0 Å². The zero-order valence-corrected chi connectivity index (χ0v) is 10.2. The molecule has 0 fully saturated rings. The van der Waals surface area contributed by atoms with Crippen molar-refractivity contribution >= 4 is 11.0 Å². The molecule has 1 N–H and O–H groups in total. The van der Waals surface area contributed by atoms with Crippen molar-refractivity contribution in [3.05, 3.63) is 66.2 Å². The lowest BCUT2D eigenvalue weighted by molar-refractivity contribution is 0.153. The summed E-state index contributed by atoms with van der Waals surface area (Å²) < 4.78 is 15.4. The van der Waals surface area contributed by atoms with Crippen LogP contribution in [0.1, 0.15) is 11.7 Å². The molecule has 0 radical (unpaired) electrons. The maximum Gasteiger partial charge on any atom is 0.129 e. The lowest BCUT2D eigenvalue weighted by Gasteiger charge is -2.13. The summed E-state index contributed by atoms with van der Waals surface area (Å²) in [5.41, 5.74) is 2.10. The molecule has 19 heavy (non-hydrogen) atoms. The Labute approximate surface area is 109 Å². The molecular formula is C15H13FN2O. The average Bonchev–Trinajstić information content (AvgIpc) is 2.83. The van der Waals surface area contributed by atoms with Crippen LogP contribution in [0.4, 0.5) is 4.39 Å². The van der Waals surface area contributed by atoms with Crippen molar-refractivity contribution < 1.29 is 9.50 Å². The normalized spacial score (nSPS) is 12.7. The third kappa shape index (κ3) is 2.22. The van der Waals surface area contributed by atoms with E-state index in [4.69, 9.17) is 0 Å². The largest absolute Gasteiger partial charge is 0.386 e. The van der Waals surface area contributed by atoms with Gasteiger partial charge >= 0.3 is 0 Å². The van der Waals surface area contributed by atoms with Crippen LogP contribution in [-0.4, -0.2) is 14.7 Å². The third-order valence-electron chi connectivity index (χ3n) is 3.16. The lowest BCUT2D eigenvalue weighted by atomic mass is 10.1. The van der Waals surface area contributed by atoms with E-state index in [-0.39, 0.29) is 12.4 Å². The smallest absolute Gasteiger partial charge is 0.129 e. The van der Waals surface area contributed by atoms with Crippen LogP contribution in [0.2, 0.25) is 0 Å². The molecule has 4 heteroatoms. The van der Waals surface area contributed by atoms with Gasteiger partial charge in [0.05, 0.1) is 30.0 Å². The van der Waals surface area contributed by atoms with Gasteiger partial charge in [0.2, 0.25) is 0 Å². The van der Waals surface area contributed by atoms with Gasteiger partial charge in [-0.15, -0.1) is 0 Å². The number of benzene rings is 2. The summed E-state index contributed by atoms with van der Waals surface area (Å²) in [6, 6.07) is 13.9. The highest BCUT2D eigenvalue weighted by Gasteiger charge is 2.13. The first-order valence-corrected chi connectivity index (χ1v) is 6.08. The van der Waals surface area contributed by atoms with Crippen LogP contribution < -0.4 is 0 Å². The minimum Gasteiger partial charge on any atom is -0.386 e. The molecule has 3 nitrogen and oxygen atoms in total. The molecule has 0 saturated carbocycles. The molecule has 1 aromatic heterocycles. The fraction of sp³-hybridized carbons (Fsp3) is 0.133. The van der Waals surface area contributed by atoms with Gasteiger partial charge in [0.1, 0.15) is 5.82 Å². The first-order valence-electron chi connectivity index (χ1n) is 6.08. The maximum atomic E-state index is 13.6. The third-order valence-corrected chi connectivity index (χ3v) is 3.16. The number of aliphatic hydroxyl groups is 1. The van der Waals surface area contributed by atoms with Gasteiger partial charge in [-0.2, -0.15) is 0 Å². The minimum absolute atomic E-state index is 0.279. The number of hydrogen-bond donors (Lipinski definition) is 1. The van der Waals surface area contributed by atoms with Crippen molar-refractivity contribution in [3.8, 4) is 0 Å². The molecule has 0 aliphatic rings. The van der Waals surface area contributed by atoms with Crippen LogP contribution in [0.15, 0.2) is 54.9 Å². The van der Waals surface area contributed by atoms with Gasteiger partial charge in [0.25, 0.3) is 0 Å². The monoisotopic (exact) mass is 256 g/mol. The Morgan fingerprint density at radius 1 is 1.11 bits per heavy atom. The summed E-state index contributed by atoms with van der Waals surface area (Å²) in [5, 5.41) is 10.1. The molecule has 3 aromatic rings.